The largest absolute Gasteiger partial charge is 0.370 e. The van der Waals surface area contributed by atoms with E-state index in [1.54, 1.807) is 0 Å². The minimum absolute atomic E-state index is 0. The van der Waals surface area contributed by atoms with E-state index in [2.05, 4.69) is 44.0 Å². The first-order chi connectivity index (χ1) is 10.3. The molecule has 22 heavy (non-hydrogen) atoms. The molecule has 1 saturated heterocycles. The Morgan fingerprint density at radius 3 is 2.73 bits per heavy atom. The summed E-state index contributed by atoms with van der Waals surface area (Å²) in [6.07, 6.45) is 2.26. The second kappa shape index (κ2) is 11.9. The Bertz CT molecular complexity index is 468. The fourth-order valence-electron chi connectivity index (χ4n) is 2.04. The lowest BCUT2D eigenvalue weighted by Crippen LogP contribution is -2.42. The van der Waals surface area contributed by atoms with Gasteiger partial charge in [0, 0.05) is 40.5 Å². The fraction of sp³-hybridized carbons (Fsp3) is 0.533. The summed E-state index contributed by atoms with van der Waals surface area (Å²) in [6, 6.07) is 8.36. The summed E-state index contributed by atoms with van der Waals surface area (Å²) in [4.78, 5) is 8.01. The van der Waals surface area contributed by atoms with Crippen molar-refractivity contribution in [1.82, 2.24) is 4.90 Å². The van der Waals surface area contributed by atoms with Crippen LogP contribution in [0.4, 0.5) is 0 Å². The lowest BCUT2D eigenvalue weighted by atomic mass is 10.3. The average molecular weight is 516 g/mol. The molecule has 3 nitrogen and oxygen atoms in total. The van der Waals surface area contributed by atoms with Crippen LogP contribution >= 0.6 is 63.4 Å². The molecule has 1 aromatic carbocycles. The Kier molecular flexibility index (Phi) is 11.0. The van der Waals surface area contributed by atoms with Crippen molar-refractivity contribution in [3.8, 4) is 0 Å². The number of benzene rings is 1. The summed E-state index contributed by atoms with van der Waals surface area (Å²) >= 11 is 7.46. The highest BCUT2D eigenvalue weighted by molar-refractivity contribution is 14.0. The molecule has 1 aromatic rings. The number of hydrogen-bond donors (Lipinski definition) is 1. The van der Waals surface area contributed by atoms with Crippen molar-refractivity contribution in [1.29, 1.82) is 0 Å². The Morgan fingerprint density at radius 1 is 1.27 bits per heavy atom. The SMILES string of the molecule is I.NC(=NCCCCSc1ccccc1Br)N1CCSCC1. The number of unbranched alkanes of at least 4 members (excludes halogenated alkanes) is 1. The molecule has 0 spiro atoms. The third-order valence-electron chi connectivity index (χ3n) is 3.26. The Labute approximate surface area is 167 Å². The van der Waals surface area contributed by atoms with Crippen molar-refractivity contribution >= 4 is 69.4 Å². The summed E-state index contributed by atoms with van der Waals surface area (Å²) in [5.74, 6) is 4.18. The normalized spacial score (nSPS) is 15.5. The Hall–Kier alpha value is 0.400. The van der Waals surface area contributed by atoms with Crippen LogP contribution in [0.1, 0.15) is 12.8 Å². The first-order valence-electron chi connectivity index (χ1n) is 7.27. The van der Waals surface area contributed by atoms with Crippen LogP contribution in [-0.4, -0.2) is 47.8 Å². The van der Waals surface area contributed by atoms with Crippen LogP contribution in [-0.2, 0) is 0 Å². The molecule has 1 fully saturated rings. The zero-order valence-corrected chi connectivity index (χ0v) is 18.1. The lowest BCUT2D eigenvalue weighted by molar-refractivity contribution is 0.455. The van der Waals surface area contributed by atoms with E-state index in [1.165, 1.54) is 27.3 Å². The summed E-state index contributed by atoms with van der Waals surface area (Å²) < 4.78 is 1.18. The summed E-state index contributed by atoms with van der Waals surface area (Å²) in [5, 5.41) is 0. The topological polar surface area (TPSA) is 41.6 Å². The molecule has 1 aliphatic heterocycles. The molecular formula is C15H23BrIN3S2. The molecule has 2 rings (SSSR count). The minimum Gasteiger partial charge on any atom is -0.370 e. The van der Waals surface area contributed by atoms with Crippen LogP contribution in [0.3, 0.4) is 0 Å². The van der Waals surface area contributed by atoms with Gasteiger partial charge in [-0.15, -0.1) is 35.7 Å². The molecule has 2 N–H and O–H groups in total. The van der Waals surface area contributed by atoms with Gasteiger partial charge in [0.1, 0.15) is 0 Å². The van der Waals surface area contributed by atoms with Gasteiger partial charge in [0.25, 0.3) is 0 Å². The molecule has 0 aromatic heterocycles. The van der Waals surface area contributed by atoms with Crippen LogP contribution < -0.4 is 5.73 Å². The number of halogens is 2. The highest BCUT2D eigenvalue weighted by Gasteiger charge is 2.11. The smallest absolute Gasteiger partial charge is 0.191 e. The summed E-state index contributed by atoms with van der Waals surface area (Å²) in [7, 11) is 0. The van der Waals surface area contributed by atoms with E-state index >= 15 is 0 Å². The van der Waals surface area contributed by atoms with Gasteiger partial charge in [0.05, 0.1) is 0 Å². The molecule has 0 atom stereocenters. The van der Waals surface area contributed by atoms with Crippen molar-refractivity contribution in [2.75, 3.05) is 36.9 Å². The fourth-order valence-corrected chi connectivity index (χ4v) is 4.52. The molecular weight excluding hydrogens is 493 g/mol. The predicted molar refractivity (Wildman–Crippen MR) is 115 cm³/mol. The van der Waals surface area contributed by atoms with Crippen molar-refractivity contribution in [3.05, 3.63) is 28.7 Å². The van der Waals surface area contributed by atoms with Crippen LogP contribution in [0.25, 0.3) is 0 Å². The Balaban J connectivity index is 0.00000242. The number of nitrogens with zero attached hydrogens (tertiary/aromatic N) is 2. The van der Waals surface area contributed by atoms with E-state index in [9.17, 15) is 0 Å². The van der Waals surface area contributed by atoms with Crippen LogP contribution in [0.2, 0.25) is 0 Å². The van der Waals surface area contributed by atoms with Gasteiger partial charge in [0.15, 0.2) is 5.96 Å². The highest BCUT2D eigenvalue weighted by Crippen LogP contribution is 2.27. The van der Waals surface area contributed by atoms with E-state index in [1.807, 2.05) is 29.6 Å². The van der Waals surface area contributed by atoms with E-state index in [4.69, 9.17) is 5.73 Å². The third kappa shape index (κ3) is 7.31. The van der Waals surface area contributed by atoms with Gasteiger partial charge >= 0.3 is 0 Å². The van der Waals surface area contributed by atoms with E-state index < -0.39 is 0 Å². The lowest BCUT2D eigenvalue weighted by Gasteiger charge is -2.27. The molecule has 0 unspecified atom stereocenters. The number of thioether (sulfide) groups is 2. The number of aliphatic imine (C=N–C) groups is 1. The molecule has 0 bridgehead atoms. The predicted octanol–water partition coefficient (Wildman–Crippen LogP) is 4.30. The maximum absolute atomic E-state index is 6.03. The van der Waals surface area contributed by atoms with Crippen LogP contribution in [0, 0.1) is 0 Å². The van der Waals surface area contributed by atoms with Crippen molar-refractivity contribution < 1.29 is 0 Å². The monoisotopic (exact) mass is 515 g/mol. The molecule has 0 radical (unpaired) electrons. The summed E-state index contributed by atoms with van der Waals surface area (Å²) in [6.45, 7) is 2.92. The van der Waals surface area contributed by atoms with Gasteiger partial charge in [-0.2, -0.15) is 11.8 Å². The molecule has 0 aliphatic carbocycles. The average Bonchev–Trinajstić information content (AvgIpc) is 2.53. The second-order valence-electron chi connectivity index (χ2n) is 4.83. The highest BCUT2D eigenvalue weighted by atomic mass is 127. The van der Waals surface area contributed by atoms with Crippen LogP contribution in [0.15, 0.2) is 38.6 Å². The number of guanidine groups is 1. The molecule has 1 heterocycles. The van der Waals surface area contributed by atoms with E-state index in [0.29, 0.717) is 0 Å². The summed E-state index contributed by atoms with van der Waals surface area (Å²) in [5.41, 5.74) is 6.03. The molecule has 0 saturated carbocycles. The van der Waals surface area contributed by atoms with Crippen molar-refractivity contribution in [3.63, 3.8) is 0 Å². The van der Waals surface area contributed by atoms with Gasteiger partial charge in [-0.25, -0.2) is 0 Å². The quantitative estimate of drug-likeness (QED) is 0.201. The number of nitrogens with two attached hydrogens (primary N) is 1. The van der Waals surface area contributed by atoms with Gasteiger partial charge in [0.2, 0.25) is 0 Å². The standard InChI is InChI=1S/C15H22BrN3S2.HI/c16-13-5-1-2-6-14(13)21-10-4-3-7-18-15(17)19-8-11-20-12-9-19;/h1-2,5-6H,3-4,7-12H2,(H2,17,18);1H. The number of hydrogen-bond acceptors (Lipinski definition) is 3. The van der Waals surface area contributed by atoms with Gasteiger partial charge in [-0.05, 0) is 46.7 Å². The van der Waals surface area contributed by atoms with E-state index in [-0.39, 0.29) is 24.0 Å². The van der Waals surface area contributed by atoms with Crippen molar-refractivity contribution in [2.45, 2.75) is 17.7 Å². The number of rotatable bonds is 6. The van der Waals surface area contributed by atoms with Gasteiger partial charge in [-0.3, -0.25) is 4.99 Å². The molecule has 0 amide bonds. The molecule has 124 valence electrons. The third-order valence-corrected chi connectivity index (χ3v) is 6.31. The van der Waals surface area contributed by atoms with E-state index in [0.717, 1.165) is 37.8 Å². The maximum Gasteiger partial charge on any atom is 0.191 e. The Morgan fingerprint density at radius 2 is 2.00 bits per heavy atom. The zero-order chi connectivity index (χ0) is 14.9. The van der Waals surface area contributed by atoms with Gasteiger partial charge in [-0.1, -0.05) is 12.1 Å². The molecule has 7 heteroatoms. The van der Waals surface area contributed by atoms with Gasteiger partial charge < -0.3 is 10.6 Å². The van der Waals surface area contributed by atoms with Crippen molar-refractivity contribution in [2.24, 2.45) is 10.7 Å². The van der Waals surface area contributed by atoms with Crippen LogP contribution in [0.5, 0.6) is 0 Å². The maximum atomic E-state index is 6.03. The minimum atomic E-state index is 0. The second-order valence-corrected chi connectivity index (χ2v) is 8.04. The first kappa shape index (κ1) is 20.4. The zero-order valence-electron chi connectivity index (χ0n) is 12.5. The molecule has 1 aliphatic rings. The first-order valence-corrected chi connectivity index (χ1v) is 10.2.